The molecule has 6 nitrogen and oxygen atoms in total. The summed E-state index contributed by atoms with van der Waals surface area (Å²) in [6.45, 7) is 2.94. The Morgan fingerprint density at radius 1 is 1.08 bits per heavy atom. The Kier molecular flexibility index (Phi) is 6.22. The lowest BCUT2D eigenvalue weighted by atomic mass is 10.1. The van der Waals surface area contributed by atoms with Crippen LogP contribution in [0, 0.1) is 10.1 Å². The van der Waals surface area contributed by atoms with Crippen LogP contribution in [0.5, 0.6) is 0 Å². The Hall–Kier alpha value is -2.41. The smallest absolute Gasteiger partial charge is 0.269 e. The first-order chi connectivity index (χ1) is 12.6. The SMILES string of the molecule is O=C(CCCCc1cccs1)N1CCN(c2ccc([N+](=O)[O-])cc2)CC1. The lowest BCUT2D eigenvalue weighted by Crippen LogP contribution is -2.48. The number of thiophene rings is 1. The average Bonchev–Trinajstić information content (AvgIpc) is 3.19. The number of amides is 1. The minimum absolute atomic E-state index is 0.102. The number of piperazine rings is 1. The summed E-state index contributed by atoms with van der Waals surface area (Å²) in [7, 11) is 0. The Balaban J connectivity index is 1.39. The number of nitro groups is 1. The van der Waals surface area contributed by atoms with Gasteiger partial charge in [-0.15, -0.1) is 11.3 Å². The van der Waals surface area contributed by atoms with E-state index in [9.17, 15) is 14.9 Å². The number of hydrogen-bond acceptors (Lipinski definition) is 5. The third-order valence-corrected chi connectivity index (χ3v) is 5.64. The normalized spacial score (nSPS) is 14.5. The van der Waals surface area contributed by atoms with Gasteiger partial charge >= 0.3 is 0 Å². The van der Waals surface area contributed by atoms with Crippen molar-refractivity contribution >= 4 is 28.6 Å². The van der Waals surface area contributed by atoms with E-state index in [0.717, 1.165) is 38.0 Å². The van der Waals surface area contributed by atoms with Gasteiger partial charge in [0.25, 0.3) is 5.69 Å². The van der Waals surface area contributed by atoms with Crippen molar-refractivity contribution in [1.82, 2.24) is 4.90 Å². The van der Waals surface area contributed by atoms with Crippen molar-refractivity contribution in [3.05, 3.63) is 56.8 Å². The fourth-order valence-corrected chi connectivity index (χ4v) is 3.94. The number of nitro benzene ring substituents is 1. The molecule has 1 saturated heterocycles. The van der Waals surface area contributed by atoms with Gasteiger partial charge in [0.15, 0.2) is 0 Å². The molecule has 7 heteroatoms. The van der Waals surface area contributed by atoms with E-state index in [2.05, 4.69) is 22.4 Å². The third kappa shape index (κ3) is 4.82. The van der Waals surface area contributed by atoms with Gasteiger partial charge in [-0.2, -0.15) is 0 Å². The molecule has 1 aromatic heterocycles. The van der Waals surface area contributed by atoms with Gasteiger partial charge < -0.3 is 9.80 Å². The Morgan fingerprint density at radius 2 is 1.81 bits per heavy atom. The fraction of sp³-hybridized carbons (Fsp3) is 0.421. The minimum atomic E-state index is -0.390. The molecule has 2 heterocycles. The van der Waals surface area contributed by atoms with Gasteiger partial charge in [0.2, 0.25) is 5.91 Å². The lowest BCUT2D eigenvalue weighted by molar-refractivity contribution is -0.384. The van der Waals surface area contributed by atoms with E-state index in [4.69, 9.17) is 0 Å². The van der Waals surface area contributed by atoms with Crippen molar-refractivity contribution in [2.75, 3.05) is 31.1 Å². The second-order valence-corrected chi connectivity index (χ2v) is 7.46. The van der Waals surface area contributed by atoms with Gasteiger partial charge in [-0.3, -0.25) is 14.9 Å². The number of benzene rings is 1. The van der Waals surface area contributed by atoms with Gasteiger partial charge in [0, 0.05) is 55.3 Å². The van der Waals surface area contributed by atoms with Crippen LogP contribution in [-0.4, -0.2) is 41.9 Å². The summed E-state index contributed by atoms with van der Waals surface area (Å²) in [6, 6.07) is 10.8. The number of rotatable bonds is 7. The van der Waals surface area contributed by atoms with E-state index in [0.29, 0.717) is 19.5 Å². The fourth-order valence-electron chi connectivity index (χ4n) is 3.19. The van der Waals surface area contributed by atoms with Crippen LogP contribution in [0.4, 0.5) is 11.4 Å². The Morgan fingerprint density at radius 3 is 2.42 bits per heavy atom. The van der Waals surface area contributed by atoms with Crippen molar-refractivity contribution in [2.45, 2.75) is 25.7 Å². The van der Waals surface area contributed by atoms with Crippen LogP contribution in [0.15, 0.2) is 41.8 Å². The molecular formula is C19H23N3O3S. The molecule has 3 rings (SSSR count). The second kappa shape index (κ2) is 8.80. The maximum absolute atomic E-state index is 12.4. The predicted octanol–water partition coefficient (Wildman–Crippen LogP) is 3.72. The van der Waals surface area contributed by atoms with Gasteiger partial charge in [-0.25, -0.2) is 0 Å². The summed E-state index contributed by atoms with van der Waals surface area (Å²) in [6.07, 6.45) is 3.65. The molecule has 0 aliphatic carbocycles. The van der Waals surface area contributed by atoms with Gasteiger partial charge in [-0.05, 0) is 42.8 Å². The summed E-state index contributed by atoms with van der Waals surface area (Å²) >= 11 is 1.77. The standard InChI is InChI=1S/C19H23N3O3S/c23-19(6-2-1-4-18-5-3-15-26-18)21-13-11-20(12-14-21)16-7-9-17(10-8-16)22(24)25/h3,5,7-10,15H,1-2,4,6,11-14H2. The van der Waals surface area contributed by atoms with Crippen LogP contribution in [0.1, 0.15) is 24.1 Å². The summed E-state index contributed by atoms with van der Waals surface area (Å²) in [5.41, 5.74) is 1.07. The van der Waals surface area contributed by atoms with E-state index in [1.165, 1.54) is 17.0 Å². The molecule has 2 aromatic rings. The maximum Gasteiger partial charge on any atom is 0.269 e. The third-order valence-electron chi connectivity index (χ3n) is 4.70. The summed E-state index contributed by atoms with van der Waals surface area (Å²) in [5, 5.41) is 12.8. The van der Waals surface area contributed by atoms with E-state index < -0.39 is 4.92 Å². The highest BCUT2D eigenvalue weighted by Crippen LogP contribution is 2.21. The number of aryl methyl sites for hydroxylation is 1. The first-order valence-corrected chi connectivity index (χ1v) is 9.81. The van der Waals surface area contributed by atoms with Crippen LogP contribution < -0.4 is 4.90 Å². The second-order valence-electron chi connectivity index (χ2n) is 6.43. The van der Waals surface area contributed by atoms with Gasteiger partial charge in [-0.1, -0.05) is 6.07 Å². The van der Waals surface area contributed by atoms with E-state index in [1.54, 1.807) is 23.5 Å². The zero-order chi connectivity index (χ0) is 18.4. The van der Waals surface area contributed by atoms with Gasteiger partial charge in [0.05, 0.1) is 4.92 Å². The van der Waals surface area contributed by atoms with Crippen molar-refractivity contribution in [1.29, 1.82) is 0 Å². The molecule has 0 bridgehead atoms. The molecular weight excluding hydrogens is 350 g/mol. The van der Waals surface area contributed by atoms with Crippen LogP contribution in [0.3, 0.4) is 0 Å². The monoisotopic (exact) mass is 373 g/mol. The zero-order valence-corrected chi connectivity index (χ0v) is 15.5. The molecule has 1 aliphatic rings. The lowest BCUT2D eigenvalue weighted by Gasteiger charge is -2.36. The largest absolute Gasteiger partial charge is 0.368 e. The minimum Gasteiger partial charge on any atom is -0.368 e. The predicted molar refractivity (Wildman–Crippen MR) is 104 cm³/mol. The molecule has 0 spiro atoms. The molecule has 0 unspecified atom stereocenters. The van der Waals surface area contributed by atoms with Crippen LogP contribution in [0.2, 0.25) is 0 Å². The highest BCUT2D eigenvalue weighted by molar-refractivity contribution is 7.09. The Labute approximate surface area is 157 Å². The van der Waals surface area contributed by atoms with Crippen molar-refractivity contribution in [2.24, 2.45) is 0 Å². The molecule has 1 amide bonds. The number of hydrogen-bond donors (Lipinski definition) is 0. The highest BCUT2D eigenvalue weighted by Gasteiger charge is 2.21. The van der Waals surface area contributed by atoms with Crippen molar-refractivity contribution in [3.8, 4) is 0 Å². The molecule has 0 atom stereocenters. The zero-order valence-electron chi connectivity index (χ0n) is 14.7. The molecule has 0 radical (unpaired) electrons. The molecule has 0 saturated carbocycles. The van der Waals surface area contributed by atoms with E-state index in [-0.39, 0.29) is 11.6 Å². The topological polar surface area (TPSA) is 66.7 Å². The highest BCUT2D eigenvalue weighted by atomic mass is 32.1. The number of anilines is 1. The number of carbonyl (C=O) groups is 1. The molecule has 1 aliphatic heterocycles. The van der Waals surface area contributed by atoms with E-state index >= 15 is 0 Å². The van der Waals surface area contributed by atoms with Crippen LogP contribution in [0.25, 0.3) is 0 Å². The van der Waals surface area contributed by atoms with Crippen molar-refractivity contribution < 1.29 is 9.72 Å². The maximum atomic E-state index is 12.4. The molecule has 1 aromatic carbocycles. The number of carbonyl (C=O) groups excluding carboxylic acids is 1. The molecule has 0 N–H and O–H groups in total. The molecule has 1 fully saturated rings. The summed E-state index contributed by atoms with van der Waals surface area (Å²) < 4.78 is 0. The number of nitrogens with zero attached hydrogens (tertiary/aromatic N) is 3. The molecule has 26 heavy (non-hydrogen) atoms. The summed E-state index contributed by atoms with van der Waals surface area (Å²) in [4.78, 5) is 28.2. The first-order valence-electron chi connectivity index (χ1n) is 8.93. The Bertz CT molecular complexity index is 723. The van der Waals surface area contributed by atoms with Gasteiger partial charge in [0.1, 0.15) is 0 Å². The first kappa shape index (κ1) is 18.4. The number of non-ortho nitro benzene ring substituents is 1. The van der Waals surface area contributed by atoms with Crippen molar-refractivity contribution in [3.63, 3.8) is 0 Å². The van der Waals surface area contributed by atoms with Crippen LogP contribution >= 0.6 is 11.3 Å². The summed E-state index contributed by atoms with van der Waals surface area (Å²) in [5.74, 6) is 0.236. The quantitative estimate of drug-likeness (QED) is 0.421. The van der Waals surface area contributed by atoms with E-state index in [1.807, 2.05) is 4.90 Å². The number of unbranched alkanes of at least 4 members (excludes halogenated alkanes) is 1. The average molecular weight is 373 g/mol. The van der Waals surface area contributed by atoms with Crippen LogP contribution in [-0.2, 0) is 11.2 Å². The molecule has 138 valence electrons.